The Hall–Kier alpha value is -3.35. The molecule has 230 valence electrons. The quantitative estimate of drug-likeness (QED) is 0.0823. The van der Waals surface area contributed by atoms with E-state index in [1.165, 1.54) is 24.5 Å². The molecule has 0 heterocycles. The van der Waals surface area contributed by atoms with Crippen molar-refractivity contribution < 1.29 is 43.8 Å². The van der Waals surface area contributed by atoms with Gasteiger partial charge in [-0.05, 0) is 49.8 Å². The van der Waals surface area contributed by atoms with E-state index >= 15 is 0 Å². The van der Waals surface area contributed by atoms with Gasteiger partial charge in [0.2, 0.25) is 17.7 Å². The van der Waals surface area contributed by atoms with Crippen LogP contribution in [0.2, 0.25) is 0 Å². The summed E-state index contributed by atoms with van der Waals surface area (Å²) in [5.74, 6) is -3.65. The van der Waals surface area contributed by atoms with Crippen LogP contribution < -0.4 is 16.1 Å². The summed E-state index contributed by atoms with van der Waals surface area (Å²) < 4.78 is 10.2. The predicted octanol–water partition coefficient (Wildman–Crippen LogP) is 1.70. The first kappa shape index (κ1) is 35.7. The number of methoxy groups -OCH3 is 1. The molecule has 1 unspecified atom stereocenters. The fraction of sp³-hybridized carbons (Fsp3) is 0.621. The van der Waals surface area contributed by atoms with Gasteiger partial charge in [0.05, 0.1) is 25.9 Å². The summed E-state index contributed by atoms with van der Waals surface area (Å²) in [6.07, 6.45) is 0.119. The first-order valence-corrected chi connectivity index (χ1v) is 13.8. The van der Waals surface area contributed by atoms with Crippen LogP contribution in [0.3, 0.4) is 0 Å². The number of phenols is 1. The number of ether oxygens (including phenoxy) is 2. The van der Waals surface area contributed by atoms with Gasteiger partial charge in [-0.3, -0.25) is 24.4 Å². The Balaban J connectivity index is 2.99. The highest BCUT2D eigenvalue weighted by atomic mass is 16.5. The molecule has 0 aliphatic heterocycles. The number of hydrogen-bond donors (Lipinski definition) is 5. The van der Waals surface area contributed by atoms with Crippen LogP contribution in [0.1, 0.15) is 58.4 Å². The molecule has 12 nitrogen and oxygen atoms in total. The van der Waals surface area contributed by atoms with Gasteiger partial charge in [-0.15, -0.1) is 0 Å². The highest BCUT2D eigenvalue weighted by Crippen LogP contribution is 2.20. The number of amides is 3. The molecule has 1 rings (SSSR count). The van der Waals surface area contributed by atoms with Crippen molar-refractivity contribution in [2.24, 2.45) is 17.8 Å². The van der Waals surface area contributed by atoms with E-state index in [-0.39, 0.29) is 68.5 Å². The minimum atomic E-state index is -0.906. The lowest BCUT2D eigenvalue weighted by Crippen LogP contribution is -2.46. The molecule has 0 aliphatic rings. The van der Waals surface area contributed by atoms with Crippen LogP contribution in [0.25, 0.3) is 0 Å². The van der Waals surface area contributed by atoms with Gasteiger partial charge in [0.25, 0.3) is 0 Å². The monoisotopic (exact) mass is 579 g/mol. The molecule has 5 N–H and O–H groups in total. The highest BCUT2D eigenvalue weighted by molar-refractivity contribution is 5.94. The fourth-order valence-corrected chi connectivity index (χ4v) is 4.26. The number of ketones is 2. The van der Waals surface area contributed by atoms with Gasteiger partial charge in [0, 0.05) is 44.8 Å². The molecule has 0 bridgehead atoms. The number of aromatic hydroxyl groups is 1. The number of nitrogens with one attached hydrogen (secondary N) is 3. The first-order valence-electron chi connectivity index (χ1n) is 13.8. The number of phenolic OH excluding ortho intramolecular Hbond substituents is 1. The van der Waals surface area contributed by atoms with Crippen LogP contribution in [0.15, 0.2) is 24.3 Å². The maximum Gasteiger partial charge on any atom is 0.243 e. The van der Waals surface area contributed by atoms with E-state index in [2.05, 4.69) is 10.6 Å². The van der Waals surface area contributed by atoms with Crippen LogP contribution >= 0.6 is 0 Å². The number of rotatable bonds is 21. The summed E-state index contributed by atoms with van der Waals surface area (Å²) in [7, 11) is 1.55. The molecule has 0 saturated carbocycles. The van der Waals surface area contributed by atoms with Crippen molar-refractivity contribution in [1.29, 1.82) is 0 Å². The molecule has 0 radical (unpaired) electrons. The van der Waals surface area contributed by atoms with Crippen molar-refractivity contribution in [3.63, 3.8) is 0 Å². The maximum absolute atomic E-state index is 13.5. The lowest BCUT2D eigenvalue weighted by Gasteiger charge is -2.25. The molecule has 12 heteroatoms. The van der Waals surface area contributed by atoms with E-state index in [0.717, 1.165) is 5.56 Å². The van der Waals surface area contributed by atoms with Gasteiger partial charge in [-0.1, -0.05) is 26.0 Å². The van der Waals surface area contributed by atoms with Crippen molar-refractivity contribution in [2.45, 2.75) is 65.3 Å². The van der Waals surface area contributed by atoms with Gasteiger partial charge in [-0.2, -0.15) is 0 Å². The average Bonchev–Trinajstić information content (AvgIpc) is 2.92. The second-order valence-corrected chi connectivity index (χ2v) is 10.5. The van der Waals surface area contributed by atoms with Gasteiger partial charge in [0.1, 0.15) is 11.5 Å². The molecule has 41 heavy (non-hydrogen) atoms. The summed E-state index contributed by atoms with van der Waals surface area (Å²) in [5.41, 5.74) is 2.28. The van der Waals surface area contributed by atoms with Crippen molar-refractivity contribution in [3.05, 3.63) is 29.8 Å². The Bertz CT molecular complexity index is 982. The summed E-state index contributed by atoms with van der Waals surface area (Å²) in [5, 5.41) is 23.9. The normalized spacial score (nSPS) is 13.2. The standard InChI is InChI=1S/C29H45N3O9/c1-19(2)15-25(31-29(38)23(16-20(3)33)17-21-5-8-24(34)9-6-21)26(35)18-22(7-10-27(36)32-39)28(37)30-11-12-41-14-13-40-4/h5-6,8-9,19,22-23,25,34,39H,7,10-18H2,1-4H3,(H,30,37)(H,31,38)(H,32,36)/t22?,23-,25-/m0/s1. The van der Waals surface area contributed by atoms with E-state index in [4.69, 9.17) is 14.7 Å². The number of benzene rings is 1. The number of carbonyl (C=O) groups excluding carboxylic acids is 5. The Morgan fingerprint density at radius 3 is 2.20 bits per heavy atom. The molecule has 1 aromatic carbocycles. The molecule has 3 atom stereocenters. The average molecular weight is 580 g/mol. The van der Waals surface area contributed by atoms with Gasteiger partial charge < -0.3 is 30.0 Å². The summed E-state index contributed by atoms with van der Waals surface area (Å²) in [6, 6.07) is 5.42. The molecular formula is C29H45N3O9. The summed E-state index contributed by atoms with van der Waals surface area (Å²) in [4.78, 5) is 63.3. The third-order valence-corrected chi connectivity index (χ3v) is 6.38. The number of hydrogen-bond acceptors (Lipinski definition) is 9. The molecule has 0 aromatic heterocycles. The largest absolute Gasteiger partial charge is 0.508 e. The second kappa shape index (κ2) is 19.7. The summed E-state index contributed by atoms with van der Waals surface area (Å²) in [6.45, 7) is 6.38. The minimum Gasteiger partial charge on any atom is -0.508 e. The number of carbonyl (C=O) groups is 5. The van der Waals surface area contributed by atoms with Crippen molar-refractivity contribution in [1.82, 2.24) is 16.1 Å². The van der Waals surface area contributed by atoms with E-state index < -0.39 is 35.6 Å². The SMILES string of the molecule is COCCOCCNC(=O)C(CCC(=O)NO)CC(=O)[C@H](CC(C)C)NC(=O)[C@@H](CC(C)=O)Cc1ccc(O)cc1. The van der Waals surface area contributed by atoms with Gasteiger partial charge >= 0.3 is 0 Å². The van der Waals surface area contributed by atoms with E-state index in [0.29, 0.717) is 19.6 Å². The van der Waals surface area contributed by atoms with Crippen LogP contribution in [-0.2, 0) is 39.9 Å². The van der Waals surface area contributed by atoms with Crippen molar-refractivity contribution in [2.75, 3.05) is 33.5 Å². The Morgan fingerprint density at radius 2 is 1.61 bits per heavy atom. The Labute approximate surface area is 241 Å². The fourth-order valence-electron chi connectivity index (χ4n) is 4.26. The van der Waals surface area contributed by atoms with E-state index in [1.807, 2.05) is 13.8 Å². The number of hydroxylamine groups is 1. The molecule has 0 fully saturated rings. The van der Waals surface area contributed by atoms with Gasteiger partial charge in [-0.25, -0.2) is 5.48 Å². The third-order valence-electron chi connectivity index (χ3n) is 6.38. The Kier molecular flexibility index (Phi) is 17.1. The van der Waals surface area contributed by atoms with Gasteiger partial charge in [0.15, 0.2) is 5.78 Å². The molecule has 1 aromatic rings. The van der Waals surface area contributed by atoms with E-state index in [9.17, 15) is 29.1 Å². The maximum atomic E-state index is 13.5. The minimum absolute atomic E-state index is 0.00462. The lowest BCUT2D eigenvalue weighted by atomic mass is 9.89. The van der Waals surface area contributed by atoms with Crippen LogP contribution in [-0.4, -0.2) is 79.1 Å². The Morgan fingerprint density at radius 1 is 0.927 bits per heavy atom. The second-order valence-electron chi connectivity index (χ2n) is 10.5. The van der Waals surface area contributed by atoms with Crippen LogP contribution in [0, 0.1) is 17.8 Å². The van der Waals surface area contributed by atoms with Crippen molar-refractivity contribution >= 4 is 29.3 Å². The van der Waals surface area contributed by atoms with Crippen LogP contribution in [0.4, 0.5) is 0 Å². The predicted molar refractivity (Wildman–Crippen MR) is 150 cm³/mol. The van der Waals surface area contributed by atoms with Crippen LogP contribution in [0.5, 0.6) is 5.75 Å². The zero-order valence-corrected chi connectivity index (χ0v) is 24.4. The molecule has 0 saturated heterocycles. The summed E-state index contributed by atoms with van der Waals surface area (Å²) >= 11 is 0. The first-order chi connectivity index (χ1) is 19.5. The lowest BCUT2D eigenvalue weighted by molar-refractivity contribution is -0.134. The smallest absolute Gasteiger partial charge is 0.243 e. The molecule has 3 amide bonds. The molecule has 0 aliphatic carbocycles. The van der Waals surface area contributed by atoms with Crippen molar-refractivity contribution in [3.8, 4) is 5.75 Å². The highest BCUT2D eigenvalue weighted by Gasteiger charge is 2.31. The zero-order chi connectivity index (χ0) is 30.8. The van der Waals surface area contributed by atoms with E-state index in [1.54, 1.807) is 19.2 Å². The third kappa shape index (κ3) is 15.3. The topological polar surface area (TPSA) is 180 Å². The molecular weight excluding hydrogens is 534 g/mol. The molecule has 0 spiro atoms. The zero-order valence-electron chi connectivity index (χ0n) is 24.4. The number of Topliss-reactive ketones (excluding diaryl/α,β-unsaturated/α-hetero) is 2.